The van der Waals surface area contributed by atoms with E-state index in [1.807, 2.05) is 24.0 Å². The molecular weight excluding hydrogens is 394 g/mol. The smallest absolute Gasteiger partial charge is 0.267 e. The highest BCUT2D eigenvalue weighted by molar-refractivity contribution is 7.22. The Morgan fingerprint density at radius 1 is 1.27 bits per heavy atom. The first-order chi connectivity index (χ1) is 12.6. The van der Waals surface area contributed by atoms with Crippen molar-refractivity contribution in [1.29, 1.82) is 0 Å². The highest BCUT2D eigenvalue weighted by Gasteiger charge is 2.26. The van der Waals surface area contributed by atoms with Crippen LogP contribution in [0.15, 0.2) is 12.1 Å². The van der Waals surface area contributed by atoms with E-state index in [0.29, 0.717) is 34.4 Å². The topological polar surface area (TPSA) is 71.5 Å². The molecule has 4 rings (SSSR count). The van der Waals surface area contributed by atoms with Gasteiger partial charge in [-0.2, -0.15) is 0 Å². The number of piperazine rings is 1. The quantitative estimate of drug-likeness (QED) is 0.662. The van der Waals surface area contributed by atoms with Crippen LogP contribution in [-0.4, -0.2) is 58.7 Å². The Morgan fingerprint density at radius 2 is 2.04 bits per heavy atom. The third-order valence-corrected chi connectivity index (χ3v) is 6.74. The number of hydrogen-bond acceptors (Lipinski definition) is 8. The fourth-order valence-electron chi connectivity index (χ4n) is 2.91. The summed E-state index contributed by atoms with van der Waals surface area (Å²) < 4.78 is 10.2. The summed E-state index contributed by atoms with van der Waals surface area (Å²) in [4.78, 5) is 21.9. The number of aryl methyl sites for hydroxylation is 1. The van der Waals surface area contributed by atoms with Gasteiger partial charge in [0.2, 0.25) is 0 Å². The zero-order valence-corrected chi connectivity index (χ0v) is 16.6. The Labute approximate surface area is 163 Å². The lowest BCUT2D eigenvalue weighted by molar-refractivity contribution is 0.0750. The molecule has 1 aliphatic rings. The van der Waals surface area contributed by atoms with Crippen molar-refractivity contribution >= 4 is 55.7 Å². The van der Waals surface area contributed by atoms with Gasteiger partial charge in [0, 0.05) is 26.2 Å². The van der Waals surface area contributed by atoms with Crippen LogP contribution < -0.4 is 9.64 Å². The summed E-state index contributed by atoms with van der Waals surface area (Å²) in [6.07, 6.45) is 0. The van der Waals surface area contributed by atoms with Crippen molar-refractivity contribution in [3.8, 4) is 5.75 Å². The summed E-state index contributed by atoms with van der Waals surface area (Å²) >= 11 is 9.01. The molecule has 0 unspecified atom stereocenters. The molecule has 0 aliphatic carbocycles. The summed E-state index contributed by atoms with van der Waals surface area (Å²) in [7, 11) is 1.63. The molecule has 0 saturated carbocycles. The summed E-state index contributed by atoms with van der Waals surface area (Å²) in [6.45, 7) is 4.52. The third-order valence-electron chi connectivity index (χ3n) is 4.35. The number of methoxy groups -OCH3 is 1. The van der Waals surface area contributed by atoms with Gasteiger partial charge in [-0.15, -0.1) is 5.10 Å². The number of anilines is 1. The molecular formula is C16H16ClN5O2S2. The number of hydrogen-bond donors (Lipinski definition) is 0. The molecule has 1 fully saturated rings. The van der Waals surface area contributed by atoms with Gasteiger partial charge >= 0.3 is 0 Å². The van der Waals surface area contributed by atoms with E-state index in [1.54, 1.807) is 18.4 Å². The maximum atomic E-state index is 12.6. The average Bonchev–Trinajstić information content (AvgIpc) is 3.29. The number of rotatable bonds is 3. The zero-order valence-electron chi connectivity index (χ0n) is 14.2. The van der Waals surface area contributed by atoms with Gasteiger partial charge in [0.05, 0.1) is 22.5 Å². The first kappa shape index (κ1) is 17.4. The van der Waals surface area contributed by atoms with E-state index in [-0.39, 0.29) is 5.91 Å². The normalized spacial score (nSPS) is 14.9. The molecule has 0 spiro atoms. The Bertz CT molecular complexity index is 965. The monoisotopic (exact) mass is 409 g/mol. The standard InChI is InChI=1S/C16H16ClN5O2S2/c1-9-13(26-20-19-9)15(23)21-5-7-22(8-6-21)16-18-12-11(24-2)4-3-10(17)14(12)25-16/h3-4H,5-8H2,1-2H3. The molecule has 7 nitrogen and oxygen atoms in total. The van der Waals surface area contributed by atoms with Crippen molar-refractivity contribution in [3.05, 3.63) is 27.7 Å². The van der Waals surface area contributed by atoms with Gasteiger partial charge in [0.1, 0.15) is 16.1 Å². The van der Waals surface area contributed by atoms with E-state index < -0.39 is 0 Å². The number of carbonyl (C=O) groups is 1. The van der Waals surface area contributed by atoms with Crippen LogP contribution in [0.5, 0.6) is 5.75 Å². The number of ether oxygens (including phenoxy) is 1. The first-order valence-electron chi connectivity index (χ1n) is 8.04. The number of benzene rings is 1. The van der Waals surface area contributed by atoms with Crippen molar-refractivity contribution in [2.75, 3.05) is 38.2 Å². The van der Waals surface area contributed by atoms with Crippen LogP contribution in [-0.2, 0) is 0 Å². The van der Waals surface area contributed by atoms with Gasteiger partial charge < -0.3 is 14.5 Å². The predicted octanol–water partition coefficient (Wildman–Crippen LogP) is 3.08. The molecule has 3 heterocycles. The Morgan fingerprint density at radius 3 is 2.69 bits per heavy atom. The zero-order chi connectivity index (χ0) is 18.3. The molecule has 26 heavy (non-hydrogen) atoms. The minimum absolute atomic E-state index is 0.00571. The minimum Gasteiger partial charge on any atom is -0.494 e. The molecule has 2 aromatic heterocycles. The molecule has 1 aromatic carbocycles. The minimum atomic E-state index is 0.00571. The van der Waals surface area contributed by atoms with Crippen LogP contribution in [0.4, 0.5) is 5.13 Å². The lowest BCUT2D eigenvalue weighted by Gasteiger charge is -2.34. The fourth-order valence-corrected chi connectivity index (χ4v) is 4.85. The van der Waals surface area contributed by atoms with Gasteiger partial charge in [-0.25, -0.2) is 4.98 Å². The molecule has 1 amide bonds. The van der Waals surface area contributed by atoms with E-state index >= 15 is 0 Å². The number of amides is 1. The highest BCUT2D eigenvalue weighted by atomic mass is 35.5. The second-order valence-electron chi connectivity index (χ2n) is 5.89. The Hall–Kier alpha value is -1.97. The molecule has 0 bridgehead atoms. The summed E-state index contributed by atoms with van der Waals surface area (Å²) in [6, 6.07) is 3.66. The predicted molar refractivity (Wildman–Crippen MR) is 104 cm³/mol. The van der Waals surface area contributed by atoms with Crippen molar-refractivity contribution in [1.82, 2.24) is 19.5 Å². The van der Waals surface area contributed by atoms with E-state index in [4.69, 9.17) is 21.3 Å². The molecule has 0 N–H and O–H groups in total. The summed E-state index contributed by atoms with van der Waals surface area (Å²) in [5, 5.41) is 5.49. The highest BCUT2D eigenvalue weighted by Crippen LogP contribution is 2.38. The number of fused-ring (bicyclic) bond motifs is 1. The average molecular weight is 410 g/mol. The number of halogens is 1. The van der Waals surface area contributed by atoms with Crippen molar-refractivity contribution in [2.24, 2.45) is 0 Å². The first-order valence-corrected chi connectivity index (χ1v) is 10.0. The van der Waals surface area contributed by atoms with E-state index in [9.17, 15) is 4.79 Å². The van der Waals surface area contributed by atoms with Crippen molar-refractivity contribution < 1.29 is 9.53 Å². The van der Waals surface area contributed by atoms with E-state index in [1.165, 1.54) is 0 Å². The Balaban J connectivity index is 1.52. The second-order valence-corrected chi connectivity index (χ2v) is 8.03. The molecule has 0 radical (unpaired) electrons. The van der Waals surface area contributed by atoms with Gasteiger partial charge in [-0.1, -0.05) is 27.4 Å². The molecule has 136 valence electrons. The second kappa shape index (κ2) is 6.98. The SMILES string of the molecule is COc1ccc(Cl)c2sc(N3CCN(C(=O)c4snnc4C)CC3)nc12. The van der Waals surface area contributed by atoms with Gasteiger partial charge in [-0.05, 0) is 30.6 Å². The van der Waals surface area contributed by atoms with Crippen molar-refractivity contribution in [2.45, 2.75) is 6.92 Å². The lowest BCUT2D eigenvalue weighted by atomic mass is 10.3. The van der Waals surface area contributed by atoms with Crippen molar-refractivity contribution in [3.63, 3.8) is 0 Å². The third kappa shape index (κ3) is 3.00. The van der Waals surface area contributed by atoms with Crippen LogP contribution in [0.3, 0.4) is 0 Å². The number of aromatic nitrogens is 3. The van der Waals surface area contributed by atoms with Crippen LogP contribution in [0.1, 0.15) is 15.4 Å². The molecule has 1 saturated heterocycles. The van der Waals surface area contributed by atoms with Crippen LogP contribution >= 0.6 is 34.5 Å². The van der Waals surface area contributed by atoms with Gasteiger partial charge in [0.25, 0.3) is 5.91 Å². The van der Waals surface area contributed by atoms with Gasteiger partial charge in [0.15, 0.2) is 5.13 Å². The molecule has 10 heteroatoms. The van der Waals surface area contributed by atoms with Crippen LogP contribution in [0.2, 0.25) is 5.02 Å². The number of nitrogens with zero attached hydrogens (tertiary/aromatic N) is 5. The Kier molecular flexibility index (Phi) is 4.68. The van der Waals surface area contributed by atoms with Gasteiger partial charge in [-0.3, -0.25) is 4.79 Å². The molecule has 1 aliphatic heterocycles. The van der Waals surface area contributed by atoms with Crippen LogP contribution in [0, 0.1) is 6.92 Å². The van der Waals surface area contributed by atoms with Crippen LogP contribution in [0.25, 0.3) is 10.2 Å². The number of thiazole rings is 1. The maximum absolute atomic E-state index is 12.6. The molecule has 0 atom stereocenters. The maximum Gasteiger partial charge on any atom is 0.267 e. The summed E-state index contributed by atoms with van der Waals surface area (Å²) in [5.74, 6) is 0.722. The summed E-state index contributed by atoms with van der Waals surface area (Å²) in [5.41, 5.74) is 1.47. The van der Waals surface area contributed by atoms with E-state index in [0.717, 1.165) is 40.0 Å². The van der Waals surface area contributed by atoms with E-state index in [2.05, 4.69) is 14.5 Å². The fraction of sp³-hybridized carbons (Fsp3) is 0.375. The number of carbonyl (C=O) groups excluding carboxylic acids is 1. The largest absolute Gasteiger partial charge is 0.494 e. The molecule has 3 aromatic rings. The lowest BCUT2D eigenvalue weighted by Crippen LogP contribution is -2.48.